The van der Waals surface area contributed by atoms with E-state index >= 15 is 0 Å². The second kappa shape index (κ2) is 13.2. The van der Waals surface area contributed by atoms with Crippen LogP contribution in [0.25, 0.3) is 21.9 Å². The van der Waals surface area contributed by atoms with Crippen molar-refractivity contribution in [1.29, 1.82) is 0 Å². The smallest absolute Gasteiger partial charge is 0.0540 e. The molecule has 0 unspecified atom stereocenters. The second-order valence-corrected chi connectivity index (χ2v) is 11.6. The summed E-state index contributed by atoms with van der Waals surface area (Å²) in [5, 5.41) is 2.46. The molecule has 0 fully saturated rings. The van der Waals surface area contributed by atoms with Gasteiger partial charge in [0, 0.05) is 33.8 Å². The quantitative estimate of drug-likeness (QED) is 0.164. The molecule has 0 aromatic heterocycles. The molecule has 7 aromatic rings. The van der Waals surface area contributed by atoms with Gasteiger partial charge in [0.2, 0.25) is 0 Å². The Morgan fingerprint density at radius 3 is 1.41 bits per heavy atom. The van der Waals surface area contributed by atoms with Gasteiger partial charge in [-0.15, -0.1) is 0 Å². The van der Waals surface area contributed by atoms with Crippen LogP contribution >= 0.6 is 0 Å². The molecule has 46 heavy (non-hydrogen) atoms. The summed E-state index contributed by atoms with van der Waals surface area (Å²) in [5.41, 5.74) is 12.0. The lowest BCUT2D eigenvalue weighted by Crippen LogP contribution is -2.10. The van der Waals surface area contributed by atoms with E-state index in [0.29, 0.717) is 0 Å². The first-order chi connectivity index (χ1) is 22.7. The van der Waals surface area contributed by atoms with Gasteiger partial charge in [-0.05, 0) is 107 Å². The van der Waals surface area contributed by atoms with Crippen molar-refractivity contribution in [2.24, 2.45) is 0 Å². The molecule has 0 atom stereocenters. The number of benzene rings is 7. The van der Waals surface area contributed by atoms with E-state index in [1.807, 2.05) is 0 Å². The van der Waals surface area contributed by atoms with E-state index in [9.17, 15) is 0 Å². The SMILES string of the molecule is CCc1cccc(N(c2ccc(-c3ccc(N(c4ccccc4)c4cccc5ccccc45)cc3)cc2)c2cccc(CC)c2)c1. The van der Waals surface area contributed by atoms with Crippen molar-refractivity contribution in [2.45, 2.75) is 26.7 Å². The molecule has 0 aliphatic rings. The molecule has 0 saturated carbocycles. The molecular formula is C44H38N2. The van der Waals surface area contributed by atoms with E-state index in [1.165, 1.54) is 50.1 Å². The highest BCUT2D eigenvalue weighted by Gasteiger charge is 2.16. The van der Waals surface area contributed by atoms with Gasteiger partial charge in [-0.3, -0.25) is 0 Å². The highest BCUT2D eigenvalue weighted by atomic mass is 15.1. The summed E-state index contributed by atoms with van der Waals surface area (Å²) >= 11 is 0. The molecule has 7 rings (SSSR count). The van der Waals surface area contributed by atoms with E-state index in [0.717, 1.165) is 29.9 Å². The molecule has 2 nitrogen and oxygen atoms in total. The third-order valence-corrected chi connectivity index (χ3v) is 8.76. The highest BCUT2D eigenvalue weighted by molar-refractivity contribution is 5.99. The minimum absolute atomic E-state index is 1.01. The van der Waals surface area contributed by atoms with Crippen molar-refractivity contribution in [1.82, 2.24) is 0 Å². The van der Waals surface area contributed by atoms with Gasteiger partial charge in [-0.1, -0.05) is 117 Å². The standard InChI is InChI=1S/C44H38N2/c1-3-33-13-10-19-41(31-33)45(42-20-11-14-34(4-2)32-42)39-27-23-35(24-28-39)36-25-29-40(30-26-36)46(38-17-6-5-7-18-38)44-22-12-16-37-15-8-9-21-43(37)44/h5-32H,3-4H2,1-2H3. The van der Waals surface area contributed by atoms with Crippen molar-refractivity contribution >= 4 is 44.9 Å². The first kappa shape index (κ1) is 29.1. The van der Waals surface area contributed by atoms with Crippen LogP contribution in [0.1, 0.15) is 25.0 Å². The molecule has 0 spiro atoms. The molecule has 0 aliphatic carbocycles. The van der Waals surface area contributed by atoms with Crippen LogP contribution in [0.2, 0.25) is 0 Å². The van der Waals surface area contributed by atoms with Crippen LogP contribution in [-0.2, 0) is 12.8 Å². The van der Waals surface area contributed by atoms with E-state index in [-0.39, 0.29) is 0 Å². The average Bonchev–Trinajstić information content (AvgIpc) is 3.13. The summed E-state index contributed by atoms with van der Waals surface area (Å²) in [4.78, 5) is 4.72. The molecule has 224 valence electrons. The van der Waals surface area contributed by atoms with E-state index in [4.69, 9.17) is 0 Å². The Labute approximate surface area is 272 Å². The largest absolute Gasteiger partial charge is 0.310 e. The van der Waals surface area contributed by atoms with Crippen molar-refractivity contribution in [3.63, 3.8) is 0 Å². The third kappa shape index (κ3) is 5.90. The van der Waals surface area contributed by atoms with Gasteiger partial charge < -0.3 is 9.80 Å². The molecule has 0 amide bonds. The molecule has 0 aliphatic heterocycles. The fourth-order valence-electron chi connectivity index (χ4n) is 6.29. The van der Waals surface area contributed by atoms with Crippen molar-refractivity contribution in [3.8, 4) is 11.1 Å². The van der Waals surface area contributed by atoms with Crippen molar-refractivity contribution in [3.05, 3.63) is 181 Å². The van der Waals surface area contributed by atoms with Crippen LogP contribution in [0.15, 0.2) is 170 Å². The Morgan fingerprint density at radius 2 is 0.826 bits per heavy atom. The van der Waals surface area contributed by atoms with Gasteiger partial charge in [-0.2, -0.15) is 0 Å². The first-order valence-electron chi connectivity index (χ1n) is 16.2. The fourth-order valence-corrected chi connectivity index (χ4v) is 6.29. The Bertz CT molecular complexity index is 2010. The van der Waals surface area contributed by atoms with Crippen LogP contribution in [0.5, 0.6) is 0 Å². The van der Waals surface area contributed by atoms with Crippen molar-refractivity contribution < 1.29 is 0 Å². The maximum Gasteiger partial charge on any atom is 0.0540 e. The van der Waals surface area contributed by atoms with Gasteiger partial charge >= 0.3 is 0 Å². The number of rotatable bonds is 9. The topological polar surface area (TPSA) is 6.48 Å². The summed E-state index contributed by atoms with van der Waals surface area (Å²) in [7, 11) is 0. The normalized spacial score (nSPS) is 11.0. The first-order valence-corrected chi connectivity index (χ1v) is 16.2. The summed E-state index contributed by atoms with van der Waals surface area (Å²) in [6.07, 6.45) is 2.02. The zero-order valence-electron chi connectivity index (χ0n) is 26.5. The number of aryl methyl sites for hydroxylation is 2. The van der Waals surface area contributed by atoms with Crippen LogP contribution in [0.4, 0.5) is 34.1 Å². The summed E-state index contributed by atoms with van der Waals surface area (Å²) in [5.74, 6) is 0. The highest BCUT2D eigenvalue weighted by Crippen LogP contribution is 2.40. The number of anilines is 6. The van der Waals surface area contributed by atoms with Crippen LogP contribution in [-0.4, -0.2) is 0 Å². The number of nitrogens with zero attached hydrogens (tertiary/aromatic N) is 2. The van der Waals surface area contributed by atoms with E-state index in [2.05, 4.69) is 194 Å². The van der Waals surface area contributed by atoms with Gasteiger partial charge in [0.25, 0.3) is 0 Å². The predicted octanol–water partition coefficient (Wildman–Crippen LogP) is 12.6. The number of para-hydroxylation sites is 1. The zero-order valence-corrected chi connectivity index (χ0v) is 26.5. The molecule has 0 bridgehead atoms. The molecule has 0 saturated heterocycles. The van der Waals surface area contributed by atoms with Gasteiger partial charge in [0.15, 0.2) is 0 Å². The second-order valence-electron chi connectivity index (χ2n) is 11.6. The molecular weight excluding hydrogens is 556 g/mol. The maximum atomic E-state index is 2.37. The average molecular weight is 595 g/mol. The fraction of sp³-hybridized carbons (Fsp3) is 0.0909. The Kier molecular flexibility index (Phi) is 8.34. The van der Waals surface area contributed by atoms with Crippen LogP contribution in [0, 0.1) is 0 Å². The number of fused-ring (bicyclic) bond motifs is 1. The Morgan fingerprint density at radius 1 is 0.370 bits per heavy atom. The summed E-state index contributed by atoms with van der Waals surface area (Å²) in [6.45, 7) is 4.42. The number of hydrogen-bond donors (Lipinski definition) is 0. The van der Waals surface area contributed by atoms with E-state index in [1.54, 1.807) is 0 Å². The lowest BCUT2D eigenvalue weighted by atomic mass is 10.0. The minimum Gasteiger partial charge on any atom is -0.310 e. The summed E-state index contributed by atoms with van der Waals surface area (Å²) < 4.78 is 0. The maximum absolute atomic E-state index is 2.37. The van der Waals surface area contributed by atoms with Crippen LogP contribution in [0.3, 0.4) is 0 Å². The van der Waals surface area contributed by atoms with Crippen LogP contribution < -0.4 is 9.80 Å². The molecule has 7 aromatic carbocycles. The third-order valence-electron chi connectivity index (χ3n) is 8.76. The zero-order chi connectivity index (χ0) is 31.3. The minimum atomic E-state index is 1.01. The molecule has 0 radical (unpaired) electrons. The lowest BCUT2D eigenvalue weighted by Gasteiger charge is -2.27. The van der Waals surface area contributed by atoms with Gasteiger partial charge in [0.1, 0.15) is 0 Å². The molecule has 0 N–H and O–H groups in total. The lowest BCUT2D eigenvalue weighted by molar-refractivity contribution is 1.12. The number of hydrogen-bond acceptors (Lipinski definition) is 2. The Balaban J connectivity index is 1.24. The summed E-state index contributed by atoms with van der Waals surface area (Å²) in [6, 6.07) is 61.4. The predicted molar refractivity (Wildman–Crippen MR) is 198 cm³/mol. The van der Waals surface area contributed by atoms with E-state index < -0.39 is 0 Å². The van der Waals surface area contributed by atoms with Gasteiger partial charge in [0.05, 0.1) is 5.69 Å². The van der Waals surface area contributed by atoms with Crippen molar-refractivity contribution in [2.75, 3.05) is 9.80 Å². The van der Waals surface area contributed by atoms with Gasteiger partial charge in [-0.25, -0.2) is 0 Å². The molecule has 2 heteroatoms. The monoisotopic (exact) mass is 594 g/mol. The Hall–Kier alpha value is -5.60. The molecule has 0 heterocycles.